The zero-order valence-corrected chi connectivity index (χ0v) is 35.7. The minimum Gasteiger partial charge on any atom is -0.357 e. The van der Waals surface area contributed by atoms with Gasteiger partial charge in [-0.2, -0.15) is 0 Å². The summed E-state index contributed by atoms with van der Waals surface area (Å²) in [7, 11) is 0. The number of fused-ring (bicyclic) bond motifs is 4. The number of carbonyl (C=O) groups is 5. The van der Waals surface area contributed by atoms with E-state index in [1.165, 1.54) is 67.5 Å². The van der Waals surface area contributed by atoms with E-state index < -0.39 is 11.8 Å². The van der Waals surface area contributed by atoms with Crippen molar-refractivity contribution in [3.8, 4) is 0 Å². The molecule has 8 N–H and O–H groups in total. The molecule has 4 aromatic carbocycles. The van der Waals surface area contributed by atoms with Gasteiger partial charge in [0, 0.05) is 76.5 Å². The van der Waals surface area contributed by atoms with Gasteiger partial charge in [-0.05, 0) is 131 Å². The number of hydrogen-bond acceptors (Lipinski definition) is 7. The SMILES string of the molecule is CCNC(=O)Nc1ccc2c(c1)C(=O)NC2=O.CCNC(=O)Nc1ccc2c(c1)C(c1c(CN3CCCC3)[nH]c3ccccc13)NC2=O.c1ccc2[nH]c(CN3CCCC3)cc2c1. The number of aromatic amines is 2. The quantitative estimate of drug-likeness (QED) is 0.0704. The van der Waals surface area contributed by atoms with Crippen molar-refractivity contribution in [2.45, 2.75) is 58.7 Å². The number of imide groups is 1. The maximum atomic E-state index is 12.8. The fourth-order valence-corrected chi connectivity index (χ4v) is 8.76. The molecule has 0 aliphatic carbocycles. The molecule has 326 valence electrons. The summed E-state index contributed by atoms with van der Waals surface area (Å²) in [4.78, 5) is 70.8. The second kappa shape index (κ2) is 19.4. The van der Waals surface area contributed by atoms with Gasteiger partial charge in [0.1, 0.15) is 0 Å². The minimum absolute atomic E-state index is 0.0815. The molecule has 10 rings (SSSR count). The molecule has 7 amide bonds. The molecule has 0 radical (unpaired) electrons. The Morgan fingerprint density at radius 2 is 1.21 bits per heavy atom. The molecule has 1 atom stereocenters. The summed E-state index contributed by atoms with van der Waals surface area (Å²) in [6.45, 7) is 11.4. The first-order valence-electron chi connectivity index (χ1n) is 21.8. The molecule has 1 unspecified atom stereocenters. The van der Waals surface area contributed by atoms with E-state index in [0.717, 1.165) is 53.9 Å². The monoisotopic (exact) mass is 850 g/mol. The topological polar surface area (TPSA) is 196 Å². The molecule has 6 heterocycles. The van der Waals surface area contributed by atoms with E-state index in [1.807, 2.05) is 25.1 Å². The van der Waals surface area contributed by atoms with Gasteiger partial charge in [0.2, 0.25) is 0 Å². The van der Waals surface area contributed by atoms with Crippen LogP contribution in [0.1, 0.15) is 99.2 Å². The van der Waals surface area contributed by atoms with Crippen molar-refractivity contribution in [1.29, 1.82) is 0 Å². The second-order valence-electron chi connectivity index (χ2n) is 16.1. The first-order valence-corrected chi connectivity index (χ1v) is 21.8. The average molecular weight is 851 g/mol. The molecule has 4 aliphatic rings. The van der Waals surface area contributed by atoms with E-state index in [4.69, 9.17) is 0 Å². The summed E-state index contributed by atoms with van der Waals surface area (Å²) in [6, 6.07) is 28.2. The summed E-state index contributed by atoms with van der Waals surface area (Å²) in [5, 5.41) is 18.5. The van der Waals surface area contributed by atoms with E-state index in [2.05, 4.69) is 94.1 Å². The third kappa shape index (κ3) is 9.90. The van der Waals surface area contributed by atoms with Crippen LogP contribution in [0.5, 0.6) is 0 Å². The van der Waals surface area contributed by atoms with Crippen LogP contribution in [0.2, 0.25) is 0 Å². The lowest BCUT2D eigenvalue weighted by atomic mass is 9.95. The highest BCUT2D eigenvalue weighted by Gasteiger charge is 2.34. The Balaban J connectivity index is 0.000000143. The third-order valence-electron chi connectivity index (χ3n) is 11.7. The smallest absolute Gasteiger partial charge is 0.319 e. The number of urea groups is 2. The number of aromatic nitrogens is 2. The number of amides is 7. The number of carbonyl (C=O) groups excluding carboxylic acids is 5. The molecule has 63 heavy (non-hydrogen) atoms. The zero-order valence-electron chi connectivity index (χ0n) is 35.7. The molecular weight excluding hydrogens is 797 g/mol. The molecule has 4 aliphatic heterocycles. The van der Waals surface area contributed by atoms with Crippen LogP contribution >= 0.6 is 0 Å². The largest absolute Gasteiger partial charge is 0.357 e. The number of nitrogens with zero attached hydrogens (tertiary/aromatic N) is 2. The van der Waals surface area contributed by atoms with Crippen molar-refractivity contribution in [3.63, 3.8) is 0 Å². The van der Waals surface area contributed by atoms with Crippen LogP contribution in [-0.2, 0) is 13.1 Å². The Labute approximate surface area is 365 Å². The van der Waals surface area contributed by atoms with Crippen molar-refractivity contribution in [2.24, 2.45) is 0 Å². The molecular formula is C48H54N10O5. The number of hydrogen-bond donors (Lipinski definition) is 8. The van der Waals surface area contributed by atoms with Gasteiger partial charge in [0.15, 0.2) is 0 Å². The normalized spacial score (nSPS) is 16.7. The number of para-hydroxylation sites is 2. The third-order valence-corrected chi connectivity index (χ3v) is 11.7. The number of anilines is 2. The molecule has 2 aromatic heterocycles. The molecule has 0 spiro atoms. The van der Waals surface area contributed by atoms with Gasteiger partial charge in [-0.15, -0.1) is 0 Å². The van der Waals surface area contributed by atoms with Crippen LogP contribution in [-0.4, -0.2) is 88.8 Å². The Morgan fingerprint density at radius 3 is 1.87 bits per heavy atom. The number of H-pyrrole nitrogens is 2. The van der Waals surface area contributed by atoms with Crippen LogP contribution in [0.4, 0.5) is 21.0 Å². The van der Waals surface area contributed by atoms with Crippen LogP contribution < -0.4 is 31.9 Å². The number of benzene rings is 4. The van der Waals surface area contributed by atoms with Gasteiger partial charge >= 0.3 is 12.1 Å². The molecule has 0 saturated carbocycles. The summed E-state index contributed by atoms with van der Waals surface area (Å²) < 4.78 is 0. The van der Waals surface area contributed by atoms with Gasteiger partial charge in [-0.1, -0.05) is 36.4 Å². The maximum Gasteiger partial charge on any atom is 0.319 e. The van der Waals surface area contributed by atoms with Gasteiger partial charge < -0.3 is 36.6 Å². The first-order chi connectivity index (χ1) is 30.7. The van der Waals surface area contributed by atoms with Crippen molar-refractivity contribution in [3.05, 3.63) is 130 Å². The Morgan fingerprint density at radius 1 is 0.619 bits per heavy atom. The van der Waals surface area contributed by atoms with Crippen molar-refractivity contribution >= 4 is 63.0 Å². The lowest BCUT2D eigenvalue weighted by Gasteiger charge is -2.19. The first kappa shape index (κ1) is 42.7. The summed E-state index contributed by atoms with van der Waals surface area (Å²) >= 11 is 0. The zero-order chi connectivity index (χ0) is 43.9. The van der Waals surface area contributed by atoms with Gasteiger partial charge in [-0.3, -0.25) is 29.5 Å². The fraction of sp³-hybridized carbons (Fsp3) is 0.312. The number of nitrogens with one attached hydrogen (secondary N) is 8. The predicted molar refractivity (Wildman–Crippen MR) is 245 cm³/mol. The van der Waals surface area contributed by atoms with E-state index in [-0.39, 0.29) is 29.6 Å². The van der Waals surface area contributed by atoms with Crippen molar-refractivity contribution in [2.75, 3.05) is 49.9 Å². The number of likely N-dealkylation sites (tertiary alicyclic amines) is 2. The second-order valence-corrected chi connectivity index (χ2v) is 16.1. The predicted octanol–water partition coefficient (Wildman–Crippen LogP) is 7.21. The summed E-state index contributed by atoms with van der Waals surface area (Å²) in [5.41, 5.74) is 9.24. The van der Waals surface area contributed by atoms with Gasteiger partial charge in [0.25, 0.3) is 17.7 Å². The molecule has 15 heteroatoms. The molecule has 2 saturated heterocycles. The van der Waals surface area contributed by atoms with Crippen molar-refractivity contribution < 1.29 is 24.0 Å². The lowest BCUT2D eigenvalue weighted by Crippen LogP contribution is -2.28. The highest BCUT2D eigenvalue weighted by atomic mass is 16.2. The van der Waals surface area contributed by atoms with Crippen molar-refractivity contribution in [1.82, 2.24) is 41.0 Å². The van der Waals surface area contributed by atoms with Crippen LogP contribution in [0.25, 0.3) is 21.8 Å². The van der Waals surface area contributed by atoms with E-state index >= 15 is 0 Å². The van der Waals surface area contributed by atoms with Crippen LogP contribution in [0, 0.1) is 0 Å². The Kier molecular flexibility index (Phi) is 13.1. The lowest BCUT2D eigenvalue weighted by molar-refractivity contribution is 0.0877. The number of rotatable bonds is 9. The molecule has 0 bridgehead atoms. The van der Waals surface area contributed by atoms with Crippen LogP contribution in [0.3, 0.4) is 0 Å². The standard InChI is InChI=1S/C24H27N5O2.C13H16N2.C11H11N3O3/c1-2-25-24(31)26-15-9-10-16-18(13-15)22(28-23(16)30)21-17-7-3-4-8-19(17)27-20(21)14-29-11-5-6-12-29;1-2-6-13-11(5-1)9-12(14-13)10-15-7-3-4-8-15;1-2-12-11(17)13-6-3-4-7-8(5-6)10(16)14-9(7)15/h3-4,7-10,13,22,27H,2,5-6,11-12,14H2,1H3,(H,28,30)(H2,25,26,31);1-2,5-6,9,14H,3-4,7-8,10H2;3-5H,2H2,1H3,(H2,12,13,17)(H,14,15,16). The highest BCUT2D eigenvalue weighted by Crippen LogP contribution is 2.39. The van der Waals surface area contributed by atoms with Gasteiger partial charge in [-0.25, -0.2) is 9.59 Å². The van der Waals surface area contributed by atoms with E-state index in [9.17, 15) is 24.0 Å². The molecule has 6 aromatic rings. The fourth-order valence-electron chi connectivity index (χ4n) is 8.76. The maximum absolute atomic E-state index is 12.8. The van der Waals surface area contributed by atoms with Crippen LogP contribution in [0.15, 0.2) is 91.0 Å². The Hall–Kier alpha value is -6.97. The minimum atomic E-state index is -0.440. The Bertz CT molecular complexity index is 2620. The van der Waals surface area contributed by atoms with E-state index in [0.29, 0.717) is 35.6 Å². The average Bonchev–Trinajstić information content (AvgIpc) is 4.15. The van der Waals surface area contributed by atoms with Gasteiger partial charge in [0.05, 0.1) is 17.2 Å². The highest BCUT2D eigenvalue weighted by molar-refractivity contribution is 6.22. The molecule has 15 nitrogen and oxygen atoms in total. The van der Waals surface area contributed by atoms with E-state index in [1.54, 1.807) is 25.1 Å². The summed E-state index contributed by atoms with van der Waals surface area (Å²) in [6.07, 6.45) is 5.18. The summed E-state index contributed by atoms with van der Waals surface area (Å²) in [5.74, 6) is -0.930. The molecule has 2 fully saturated rings.